The minimum absolute atomic E-state index is 0.618. The predicted molar refractivity (Wildman–Crippen MR) is 54.2 cm³/mol. The number of likely N-dealkylation sites (tertiary alicyclic amines) is 1. The van der Waals surface area contributed by atoms with E-state index in [-0.39, 0.29) is 0 Å². The second-order valence-electron chi connectivity index (χ2n) is 4.16. The van der Waals surface area contributed by atoms with Crippen LogP contribution < -0.4 is 0 Å². The molecule has 0 radical (unpaired) electrons. The first-order valence-corrected chi connectivity index (χ1v) is 5.37. The van der Waals surface area contributed by atoms with Gasteiger partial charge < -0.3 is 0 Å². The summed E-state index contributed by atoms with van der Waals surface area (Å²) in [7, 11) is 0. The Hall–Kier alpha value is -0.550. The third kappa shape index (κ3) is 3.00. The first-order chi connectivity index (χ1) is 6.27. The Bertz CT molecular complexity index is 175. The Kier molecular flexibility index (Phi) is 4.24. The molecule has 1 fully saturated rings. The molecule has 1 saturated heterocycles. The summed E-state index contributed by atoms with van der Waals surface area (Å²) < 4.78 is 0. The van der Waals surface area contributed by atoms with Crippen molar-refractivity contribution in [1.82, 2.24) is 4.90 Å². The van der Waals surface area contributed by atoms with Gasteiger partial charge in [-0.05, 0) is 37.8 Å². The van der Waals surface area contributed by atoms with E-state index in [4.69, 9.17) is 5.26 Å². The number of rotatable bonds is 3. The van der Waals surface area contributed by atoms with E-state index in [1.807, 2.05) is 0 Å². The number of nitrogens with zero attached hydrogens (tertiary/aromatic N) is 2. The van der Waals surface area contributed by atoms with Crippen molar-refractivity contribution in [1.29, 1.82) is 5.26 Å². The van der Waals surface area contributed by atoms with Gasteiger partial charge in [0, 0.05) is 0 Å². The van der Waals surface area contributed by atoms with Crippen LogP contribution in [-0.2, 0) is 0 Å². The Morgan fingerprint density at radius 3 is 2.54 bits per heavy atom. The lowest BCUT2D eigenvalue weighted by Crippen LogP contribution is -2.35. The fraction of sp³-hybridized carbons (Fsp3) is 0.909. The summed E-state index contributed by atoms with van der Waals surface area (Å²) in [6.45, 7) is 7.50. The van der Waals surface area contributed by atoms with Crippen LogP contribution >= 0.6 is 0 Å². The quantitative estimate of drug-likeness (QED) is 0.623. The Labute approximate surface area is 81.5 Å². The van der Waals surface area contributed by atoms with Crippen molar-refractivity contribution in [2.45, 2.75) is 33.1 Å². The molecule has 0 aromatic heterocycles. The highest BCUT2D eigenvalue weighted by Gasteiger charge is 2.22. The van der Waals surface area contributed by atoms with E-state index in [0.29, 0.717) is 6.54 Å². The molecule has 0 bridgehead atoms. The molecule has 1 atom stereocenters. The molecule has 0 N–H and O–H groups in total. The topological polar surface area (TPSA) is 27.0 Å². The number of hydrogen-bond acceptors (Lipinski definition) is 2. The lowest BCUT2D eigenvalue weighted by atomic mass is 9.84. The van der Waals surface area contributed by atoms with Gasteiger partial charge in [-0.3, -0.25) is 4.90 Å². The highest BCUT2D eigenvalue weighted by molar-refractivity contribution is 4.81. The van der Waals surface area contributed by atoms with E-state index in [2.05, 4.69) is 24.8 Å². The van der Waals surface area contributed by atoms with Gasteiger partial charge in [-0.25, -0.2) is 0 Å². The maximum absolute atomic E-state index is 8.55. The Balaban J connectivity index is 2.27. The summed E-state index contributed by atoms with van der Waals surface area (Å²) in [4.78, 5) is 2.26. The van der Waals surface area contributed by atoms with Crippen LogP contribution in [0.25, 0.3) is 0 Å². The smallest absolute Gasteiger partial charge is 0.0865 e. The van der Waals surface area contributed by atoms with Crippen LogP contribution in [0.1, 0.15) is 33.1 Å². The van der Waals surface area contributed by atoms with Crippen molar-refractivity contribution in [3.8, 4) is 6.07 Å². The van der Waals surface area contributed by atoms with Gasteiger partial charge in [0.15, 0.2) is 0 Å². The molecule has 1 aliphatic heterocycles. The van der Waals surface area contributed by atoms with Crippen molar-refractivity contribution in [3.05, 3.63) is 0 Å². The molecule has 13 heavy (non-hydrogen) atoms. The van der Waals surface area contributed by atoms with Crippen LogP contribution in [0.15, 0.2) is 0 Å². The molecule has 1 rings (SSSR count). The van der Waals surface area contributed by atoms with Crippen LogP contribution in [0.3, 0.4) is 0 Å². The van der Waals surface area contributed by atoms with E-state index in [0.717, 1.165) is 24.9 Å². The van der Waals surface area contributed by atoms with Gasteiger partial charge in [0.2, 0.25) is 0 Å². The second-order valence-corrected chi connectivity index (χ2v) is 4.16. The molecule has 1 heterocycles. The zero-order valence-electron chi connectivity index (χ0n) is 8.79. The molecular weight excluding hydrogens is 160 g/mol. The van der Waals surface area contributed by atoms with Gasteiger partial charge in [0.1, 0.15) is 0 Å². The zero-order valence-corrected chi connectivity index (χ0v) is 8.79. The molecule has 0 spiro atoms. The summed E-state index contributed by atoms with van der Waals surface area (Å²) in [5.74, 6) is 1.77. The second kappa shape index (κ2) is 5.24. The number of piperidine rings is 1. The third-order valence-corrected chi connectivity index (χ3v) is 3.38. The summed E-state index contributed by atoms with van der Waals surface area (Å²) >= 11 is 0. The molecule has 2 nitrogen and oxygen atoms in total. The maximum Gasteiger partial charge on any atom is 0.0865 e. The van der Waals surface area contributed by atoms with Crippen LogP contribution in [0, 0.1) is 23.2 Å². The fourth-order valence-electron chi connectivity index (χ4n) is 2.11. The van der Waals surface area contributed by atoms with E-state index in [9.17, 15) is 0 Å². The lowest BCUT2D eigenvalue weighted by Gasteiger charge is -2.33. The monoisotopic (exact) mass is 180 g/mol. The summed E-state index contributed by atoms with van der Waals surface area (Å²) in [5.41, 5.74) is 0. The molecule has 0 aromatic carbocycles. The molecule has 0 aliphatic carbocycles. The predicted octanol–water partition coefficient (Wildman–Crippen LogP) is 2.27. The van der Waals surface area contributed by atoms with Crippen LogP contribution in [0.2, 0.25) is 0 Å². The van der Waals surface area contributed by atoms with Crippen molar-refractivity contribution < 1.29 is 0 Å². The highest BCUT2D eigenvalue weighted by atomic mass is 15.1. The van der Waals surface area contributed by atoms with Crippen LogP contribution in [-0.4, -0.2) is 24.5 Å². The number of nitriles is 1. The van der Waals surface area contributed by atoms with Crippen molar-refractivity contribution in [2.75, 3.05) is 19.6 Å². The molecule has 74 valence electrons. The summed E-state index contributed by atoms with van der Waals surface area (Å²) in [6, 6.07) is 2.22. The third-order valence-electron chi connectivity index (χ3n) is 3.38. The highest BCUT2D eigenvalue weighted by Crippen LogP contribution is 2.26. The summed E-state index contributed by atoms with van der Waals surface area (Å²) in [5, 5.41) is 8.55. The van der Waals surface area contributed by atoms with Gasteiger partial charge in [0.05, 0.1) is 12.6 Å². The Morgan fingerprint density at radius 2 is 2.08 bits per heavy atom. The standard InChI is InChI=1S/C11H20N2/c1-3-10(2)11-4-7-13(8-5-11)9-6-12/h10-11H,3-5,7-9H2,1-2H3. The molecule has 0 saturated carbocycles. The van der Waals surface area contributed by atoms with Gasteiger partial charge in [-0.2, -0.15) is 5.26 Å². The zero-order chi connectivity index (χ0) is 9.68. The molecule has 1 unspecified atom stereocenters. The van der Waals surface area contributed by atoms with Crippen LogP contribution in [0.5, 0.6) is 0 Å². The average Bonchev–Trinajstić information content (AvgIpc) is 2.18. The lowest BCUT2D eigenvalue weighted by molar-refractivity contribution is 0.164. The molecule has 2 heteroatoms. The van der Waals surface area contributed by atoms with Crippen molar-refractivity contribution in [3.63, 3.8) is 0 Å². The minimum Gasteiger partial charge on any atom is -0.291 e. The van der Waals surface area contributed by atoms with Crippen molar-refractivity contribution >= 4 is 0 Å². The van der Waals surface area contributed by atoms with Gasteiger partial charge in [0.25, 0.3) is 0 Å². The fourth-order valence-corrected chi connectivity index (χ4v) is 2.11. The Morgan fingerprint density at radius 1 is 1.46 bits per heavy atom. The molecule has 0 amide bonds. The first-order valence-electron chi connectivity index (χ1n) is 5.37. The molecular formula is C11H20N2. The van der Waals surface area contributed by atoms with Gasteiger partial charge in [-0.15, -0.1) is 0 Å². The first kappa shape index (κ1) is 10.5. The van der Waals surface area contributed by atoms with Crippen LogP contribution in [0.4, 0.5) is 0 Å². The molecule has 1 aliphatic rings. The van der Waals surface area contributed by atoms with E-state index in [1.165, 1.54) is 19.3 Å². The van der Waals surface area contributed by atoms with Gasteiger partial charge >= 0.3 is 0 Å². The van der Waals surface area contributed by atoms with E-state index >= 15 is 0 Å². The normalized spacial score (nSPS) is 22.5. The summed E-state index contributed by atoms with van der Waals surface area (Å²) in [6.07, 6.45) is 3.87. The van der Waals surface area contributed by atoms with E-state index in [1.54, 1.807) is 0 Å². The maximum atomic E-state index is 8.55. The largest absolute Gasteiger partial charge is 0.291 e. The average molecular weight is 180 g/mol. The molecule has 0 aromatic rings. The number of hydrogen-bond donors (Lipinski definition) is 0. The minimum atomic E-state index is 0.618. The SMILES string of the molecule is CCC(C)C1CCN(CC#N)CC1. The van der Waals surface area contributed by atoms with Crippen molar-refractivity contribution in [2.24, 2.45) is 11.8 Å². The van der Waals surface area contributed by atoms with Gasteiger partial charge in [-0.1, -0.05) is 20.3 Å². The van der Waals surface area contributed by atoms with E-state index < -0.39 is 0 Å².